The van der Waals surface area contributed by atoms with Crippen molar-refractivity contribution in [1.82, 2.24) is 9.80 Å². The smallest absolute Gasteiger partial charge is 0.194 e. The summed E-state index contributed by atoms with van der Waals surface area (Å²) in [5, 5.41) is 0. The summed E-state index contributed by atoms with van der Waals surface area (Å²) in [5.74, 6) is 0.899. The van der Waals surface area contributed by atoms with Gasteiger partial charge in [-0.2, -0.15) is 0 Å². The molecule has 0 fully saturated rings. The third-order valence-corrected chi connectivity index (χ3v) is 5.00. The third kappa shape index (κ3) is 6.94. The van der Waals surface area contributed by atoms with E-state index in [0.29, 0.717) is 47.0 Å². The molecule has 0 heterocycles. The van der Waals surface area contributed by atoms with E-state index in [4.69, 9.17) is 9.47 Å². The zero-order valence-corrected chi connectivity index (χ0v) is 20.7. The molecule has 0 radical (unpaired) electrons. The van der Waals surface area contributed by atoms with E-state index in [1.807, 2.05) is 28.2 Å². The van der Waals surface area contributed by atoms with Crippen molar-refractivity contribution in [3.05, 3.63) is 58.7 Å². The predicted octanol–water partition coefficient (Wildman–Crippen LogP) is 3.97. The summed E-state index contributed by atoms with van der Waals surface area (Å²) in [4.78, 5) is 30.2. The fourth-order valence-corrected chi connectivity index (χ4v) is 3.43. The van der Waals surface area contributed by atoms with E-state index in [1.54, 1.807) is 36.4 Å². The van der Waals surface area contributed by atoms with Crippen LogP contribution in [0.5, 0.6) is 11.5 Å². The van der Waals surface area contributed by atoms with Crippen LogP contribution in [-0.2, 0) is 0 Å². The normalized spacial score (nSPS) is 12.1. The van der Waals surface area contributed by atoms with E-state index in [0.717, 1.165) is 25.9 Å². The summed E-state index contributed by atoms with van der Waals surface area (Å²) in [5.41, 5.74) is 1.63. The van der Waals surface area contributed by atoms with Crippen LogP contribution in [-0.4, -0.2) is 75.9 Å². The lowest BCUT2D eigenvalue weighted by molar-refractivity contribution is 0.0978. The Bertz CT molecular complexity index is 861. The van der Waals surface area contributed by atoms with E-state index in [9.17, 15) is 9.59 Å². The van der Waals surface area contributed by atoms with Gasteiger partial charge in [-0.1, -0.05) is 0 Å². The van der Waals surface area contributed by atoms with Crippen LogP contribution < -0.4 is 9.47 Å². The Labute approximate surface area is 202 Å². The maximum atomic E-state index is 13.1. The van der Waals surface area contributed by atoms with Gasteiger partial charge in [0.05, 0.1) is 13.2 Å². The van der Waals surface area contributed by atoms with Gasteiger partial charge in [-0.25, -0.2) is 0 Å². The minimum Gasteiger partial charge on any atom is -0.494 e. The maximum Gasteiger partial charge on any atom is 0.194 e. The Morgan fingerprint density at radius 1 is 0.625 bits per heavy atom. The van der Waals surface area contributed by atoms with Crippen molar-refractivity contribution in [1.29, 1.82) is 0 Å². The van der Waals surface area contributed by atoms with Crippen LogP contribution in [0, 0.1) is 0 Å². The molecule has 3 rings (SSSR count). The fourth-order valence-electron chi connectivity index (χ4n) is 3.43. The van der Waals surface area contributed by atoms with Gasteiger partial charge in [0.1, 0.15) is 11.5 Å². The molecule has 2 aromatic carbocycles. The molecular formula is C24H32Cl2N2O4. The molecular weight excluding hydrogens is 451 g/mol. The van der Waals surface area contributed by atoms with E-state index in [2.05, 4.69) is 9.80 Å². The van der Waals surface area contributed by atoms with Crippen molar-refractivity contribution >= 4 is 36.4 Å². The molecule has 176 valence electrons. The van der Waals surface area contributed by atoms with Crippen LogP contribution >= 0.6 is 24.8 Å². The summed E-state index contributed by atoms with van der Waals surface area (Å²) >= 11 is 0. The minimum atomic E-state index is -0.169. The molecule has 0 unspecified atom stereocenters. The lowest BCUT2D eigenvalue weighted by Gasteiger charge is -2.19. The average Bonchev–Trinajstić information content (AvgIpc) is 2.72. The number of rotatable bonds is 10. The monoisotopic (exact) mass is 482 g/mol. The molecule has 0 N–H and O–H groups in total. The number of carbonyl (C=O) groups excluding carboxylic acids is 2. The van der Waals surface area contributed by atoms with Crippen molar-refractivity contribution in [3.8, 4) is 11.5 Å². The molecule has 1 aliphatic carbocycles. The van der Waals surface area contributed by atoms with Gasteiger partial charge >= 0.3 is 0 Å². The number of fused-ring (bicyclic) bond motifs is 2. The first-order valence-electron chi connectivity index (χ1n) is 10.3. The third-order valence-electron chi connectivity index (χ3n) is 5.00. The molecule has 0 saturated carbocycles. The number of ether oxygens (including phenoxy) is 2. The van der Waals surface area contributed by atoms with E-state index >= 15 is 0 Å². The predicted molar refractivity (Wildman–Crippen MR) is 132 cm³/mol. The first-order chi connectivity index (χ1) is 14.4. The van der Waals surface area contributed by atoms with Crippen LogP contribution in [0.15, 0.2) is 36.4 Å². The second kappa shape index (κ2) is 12.8. The second-order valence-corrected chi connectivity index (χ2v) is 8.08. The number of hydrogen-bond acceptors (Lipinski definition) is 6. The minimum absolute atomic E-state index is 0. The quantitative estimate of drug-likeness (QED) is 0.407. The molecule has 0 aromatic heterocycles. The molecule has 0 spiro atoms. The number of ketones is 2. The molecule has 0 amide bonds. The highest BCUT2D eigenvalue weighted by atomic mass is 35.5. The maximum absolute atomic E-state index is 13.1. The summed E-state index contributed by atoms with van der Waals surface area (Å²) in [6.45, 7) is 2.96. The van der Waals surface area contributed by atoms with E-state index < -0.39 is 0 Å². The van der Waals surface area contributed by atoms with Gasteiger partial charge < -0.3 is 19.3 Å². The fraction of sp³-hybridized carbons (Fsp3) is 0.417. The van der Waals surface area contributed by atoms with Crippen LogP contribution in [0.4, 0.5) is 0 Å². The standard InChI is InChI=1S/C24H30N2O4.2ClH/c1-25(2)11-5-13-29-17-7-9-19-21(15-17)24(28)22-16-18(8-10-20(22)23(19)27)30-14-6-12-26(3)4;;/h7-10,15-16H,5-6,11-14H2,1-4H3;2*1H. The van der Waals surface area contributed by atoms with Gasteiger partial charge in [0, 0.05) is 35.3 Å². The van der Waals surface area contributed by atoms with Gasteiger partial charge in [0.25, 0.3) is 0 Å². The largest absolute Gasteiger partial charge is 0.494 e. The molecule has 0 aliphatic heterocycles. The van der Waals surface area contributed by atoms with Crippen molar-refractivity contribution in [2.24, 2.45) is 0 Å². The molecule has 2 aromatic rings. The first-order valence-corrected chi connectivity index (χ1v) is 10.3. The van der Waals surface area contributed by atoms with E-state index in [1.165, 1.54) is 0 Å². The Balaban J connectivity index is 0.00000256. The summed E-state index contributed by atoms with van der Waals surface area (Å²) < 4.78 is 11.6. The van der Waals surface area contributed by atoms with Gasteiger partial charge in [0.2, 0.25) is 0 Å². The SMILES string of the molecule is CN(C)CCCOc1ccc2c(c1)C(=O)c1cc(OCCCN(C)C)ccc1C2=O.Cl.Cl. The number of carbonyl (C=O) groups is 2. The number of hydrogen-bond donors (Lipinski definition) is 0. The van der Waals surface area contributed by atoms with Gasteiger partial charge in [-0.15, -0.1) is 24.8 Å². The molecule has 0 atom stereocenters. The number of halogens is 2. The molecule has 8 heteroatoms. The topological polar surface area (TPSA) is 59.1 Å². The van der Waals surface area contributed by atoms with Crippen LogP contribution in [0.3, 0.4) is 0 Å². The molecule has 32 heavy (non-hydrogen) atoms. The second-order valence-electron chi connectivity index (χ2n) is 8.08. The van der Waals surface area contributed by atoms with Crippen molar-refractivity contribution in [2.75, 3.05) is 54.5 Å². The van der Waals surface area contributed by atoms with Crippen molar-refractivity contribution in [2.45, 2.75) is 12.8 Å². The van der Waals surface area contributed by atoms with Crippen LogP contribution in [0.1, 0.15) is 44.7 Å². The summed E-state index contributed by atoms with van der Waals surface area (Å²) in [6.07, 6.45) is 1.77. The van der Waals surface area contributed by atoms with Crippen LogP contribution in [0.25, 0.3) is 0 Å². The molecule has 6 nitrogen and oxygen atoms in total. The molecule has 0 bridgehead atoms. The van der Waals surface area contributed by atoms with Gasteiger partial charge in [-0.3, -0.25) is 9.59 Å². The first kappa shape index (κ1) is 27.9. The zero-order chi connectivity index (χ0) is 21.7. The molecule has 0 saturated heterocycles. The van der Waals surface area contributed by atoms with Crippen molar-refractivity contribution in [3.63, 3.8) is 0 Å². The van der Waals surface area contributed by atoms with Gasteiger partial charge in [-0.05, 0) is 77.4 Å². The lowest BCUT2D eigenvalue weighted by Crippen LogP contribution is -2.21. The summed E-state index contributed by atoms with van der Waals surface area (Å²) in [7, 11) is 8.06. The lowest BCUT2D eigenvalue weighted by atomic mass is 9.84. The van der Waals surface area contributed by atoms with E-state index in [-0.39, 0.29) is 36.4 Å². The van der Waals surface area contributed by atoms with Crippen molar-refractivity contribution < 1.29 is 19.1 Å². The van der Waals surface area contributed by atoms with Crippen LogP contribution in [0.2, 0.25) is 0 Å². The molecule has 1 aliphatic rings. The van der Waals surface area contributed by atoms with Gasteiger partial charge in [0.15, 0.2) is 11.6 Å². The Morgan fingerprint density at radius 2 is 1.00 bits per heavy atom. The zero-order valence-electron chi connectivity index (χ0n) is 19.1. The highest BCUT2D eigenvalue weighted by molar-refractivity contribution is 6.28. The Morgan fingerprint density at radius 3 is 1.38 bits per heavy atom. The Hall–Kier alpha value is -2.12. The Kier molecular flexibility index (Phi) is 11.2. The number of benzene rings is 2. The highest BCUT2D eigenvalue weighted by Crippen LogP contribution is 2.32. The number of nitrogens with zero attached hydrogens (tertiary/aromatic N) is 2. The summed E-state index contributed by atoms with van der Waals surface area (Å²) in [6, 6.07) is 10.2. The highest BCUT2D eigenvalue weighted by Gasteiger charge is 2.30. The average molecular weight is 483 g/mol.